The van der Waals surface area contributed by atoms with Crippen molar-refractivity contribution in [1.82, 2.24) is 0 Å². The average molecular weight is 157 g/mol. The Hall–Kier alpha value is -1.12. The molecule has 0 bridgehead atoms. The molecule has 0 aliphatic heterocycles. The van der Waals surface area contributed by atoms with Crippen LogP contribution in [0, 0.1) is 13.0 Å². The molecule has 0 aromatic heterocycles. The summed E-state index contributed by atoms with van der Waals surface area (Å²) < 4.78 is 27.5. The minimum Gasteiger partial charge on any atom is -0.435 e. The number of aryl methyl sites for hydroxylation is 1. The van der Waals surface area contributed by atoms with E-state index in [4.69, 9.17) is 0 Å². The van der Waals surface area contributed by atoms with E-state index in [2.05, 4.69) is 10.8 Å². The fourth-order valence-electron chi connectivity index (χ4n) is 0.716. The van der Waals surface area contributed by atoms with Gasteiger partial charge in [0, 0.05) is 0 Å². The van der Waals surface area contributed by atoms with E-state index >= 15 is 0 Å². The Labute approximate surface area is 63.6 Å². The third-order valence-electron chi connectivity index (χ3n) is 1.25. The first kappa shape index (κ1) is 7.98. The van der Waals surface area contributed by atoms with Crippen LogP contribution in [-0.2, 0) is 0 Å². The van der Waals surface area contributed by atoms with Crippen LogP contribution in [0.1, 0.15) is 5.56 Å². The lowest BCUT2D eigenvalue weighted by Crippen LogP contribution is -2.02. The smallest absolute Gasteiger partial charge is 0.387 e. The van der Waals surface area contributed by atoms with Crippen LogP contribution in [0.4, 0.5) is 8.78 Å². The monoisotopic (exact) mass is 157 g/mol. The van der Waals surface area contributed by atoms with Gasteiger partial charge in [0.1, 0.15) is 5.75 Å². The molecule has 1 aromatic rings. The SMILES string of the molecule is Cc1cc[c]cc1OC(F)F. The molecule has 59 valence electrons. The molecule has 3 heteroatoms. The van der Waals surface area contributed by atoms with Gasteiger partial charge in [0.25, 0.3) is 0 Å². The highest BCUT2D eigenvalue weighted by molar-refractivity contribution is 5.30. The number of hydrogen-bond acceptors (Lipinski definition) is 1. The van der Waals surface area contributed by atoms with Gasteiger partial charge in [-0.2, -0.15) is 8.78 Å². The topological polar surface area (TPSA) is 9.23 Å². The van der Waals surface area contributed by atoms with E-state index in [9.17, 15) is 8.78 Å². The third-order valence-corrected chi connectivity index (χ3v) is 1.25. The molecule has 1 radical (unpaired) electrons. The molecule has 0 heterocycles. The molecule has 0 aliphatic carbocycles. The molecule has 0 saturated carbocycles. The van der Waals surface area contributed by atoms with Crippen molar-refractivity contribution in [2.45, 2.75) is 13.5 Å². The Bertz CT molecular complexity index is 235. The highest BCUT2D eigenvalue weighted by Gasteiger charge is 2.04. The van der Waals surface area contributed by atoms with Gasteiger partial charge < -0.3 is 4.74 Å². The van der Waals surface area contributed by atoms with E-state index < -0.39 is 6.61 Å². The number of benzene rings is 1. The third kappa shape index (κ3) is 2.18. The zero-order chi connectivity index (χ0) is 8.27. The molecule has 0 saturated heterocycles. The van der Waals surface area contributed by atoms with E-state index in [1.54, 1.807) is 19.1 Å². The van der Waals surface area contributed by atoms with Gasteiger partial charge in [-0.05, 0) is 24.6 Å². The van der Waals surface area contributed by atoms with E-state index in [0.29, 0.717) is 5.56 Å². The van der Waals surface area contributed by atoms with Gasteiger partial charge in [-0.3, -0.25) is 0 Å². The Balaban J connectivity index is 2.78. The minimum absolute atomic E-state index is 0.183. The standard InChI is InChI=1S/C8H7F2O/c1-6-4-2-3-5-7(6)11-8(9)10/h2,4-5,8H,1H3. The van der Waals surface area contributed by atoms with Gasteiger partial charge in [0.15, 0.2) is 0 Å². The normalized spacial score (nSPS) is 10.2. The van der Waals surface area contributed by atoms with Crippen molar-refractivity contribution in [3.8, 4) is 5.75 Å². The fourth-order valence-corrected chi connectivity index (χ4v) is 0.716. The molecular weight excluding hydrogens is 150 g/mol. The summed E-state index contributed by atoms with van der Waals surface area (Å²) in [6.07, 6.45) is 0. The van der Waals surface area contributed by atoms with Gasteiger partial charge in [0.05, 0.1) is 0 Å². The summed E-state index contributed by atoms with van der Waals surface area (Å²) >= 11 is 0. The molecule has 0 aliphatic rings. The second-order valence-corrected chi connectivity index (χ2v) is 2.07. The average Bonchev–Trinajstić information content (AvgIpc) is 1.93. The summed E-state index contributed by atoms with van der Waals surface area (Å²) in [5.74, 6) is 0.183. The maximum atomic E-state index is 11.7. The van der Waals surface area contributed by atoms with Crippen LogP contribution in [0.5, 0.6) is 5.75 Å². The van der Waals surface area contributed by atoms with E-state index in [0.717, 1.165) is 0 Å². The molecule has 1 aromatic carbocycles. The van der Waals surface area contributed by atoms with Crippen molar-refractivity contribution in [3.05, 3.63) is 29.8 Å². The van der Waals surface area contributed by atoms with Crippen LogP contribution >= 0.6 is 0 Å². The van der Waals surface area contributed by atoms with Crippen molar-refractivity contribution in [2.24, 2.45) is 0 Å². The molecule has 11 heavy (non-hydrogen) atoms. The van der Waals surface area contributed by atoms with E-state index in [-0.39, 0.29) is 5.75 Å². The van der Waals surface area contributed by atoms with Crippen LogP contribution in [0.3, 0.4) is 0 Å². The Morgan fingerprint density at radius 1 is 1.55 bits per heavy atom. The predicted octanol–water partition coefficient (Wildman–Crippen LogP) is 2.40. The molecule has 0 unspecified atom stereocenters. The largest absolute Gasteiger partial charge is 0.435 e. The second kappa shape index (κ2) is 3.32. The number of hydrogen-bond donors (Lipinski definition) is 0. The zero-order valence-corrected chi connectivity index (χ0v) is 5.97. The van der Waals surface area contributed by atoms with Crippen molar-refractivity contribution in [1.29, 1.82) is 0 Å². The zero-order valence-electron chi connectivity index (χ0n) is 5.97. The van der Waals surface area contributed by atoms with Crippen molar-refractivity contribution < 1.29 is 13.5 Å². The summed E-state index contributed by atoms with van der Waals surface area (Å²) in [7, 11) is 0. The van der Waals surface area contributed by atoms with Gasteiger partial charge in [0.2, 0.25) is 0 Å². The van der Waals surface area contributed by atoms with Gasteiger partial charge >= 0.3 is 6.61 Å². The van der Waals surface area contributed by atoms with E-state index in [1.165, 1.54) is 6.07 Å². The molecule has 1 rings (SSSR count). The molecule has 0 amide bonds. The molecule has 0 spiro atoms. The first-order valence-electron chi connectivity index (χ1n) is 3.11. The summed E-state index contributed by atoms with van der Waals surface area (Å²) in [4.78, 5) is 0. The van der Waals surface area contributed by atoms with Gasteiger partial charge in [-0.25, -0.2) is 0 Å². The lowest BCUT2D eigenvalue weighted by atomic mass is 10.2. The van der Waals surface area contributed by atoms with Crippen molar-refractivity contribution >= 4 is 0 Å². The summed E-state index contributed by atoms with van der Waals surface area (Å²) in [5, 5.41) is 0. The molecule has 0 atom stereocenters. The number of ether oxygens (including phenoxy) is 1. The Morgan fingerprint density at radius 3 is 2.82 bits per heavy atom. The fraction of sp³-hybridized carbons (Fsp3) is 0.250. The predicted molar refractivity (Wildman–Crippen MR) is 36.6 cm³/mol. The van der Waals surface area contributed by atoms with Crippen LogP contribution in [0.15, 0.2) is 18.2 Å². The van der Waals surface area contributed by atoms with Crippen molar-refractivity contribution in [3.63, 3.8) is 0 Å². The molecule has 1 nitrogen and oxygen atoms in total. The first-order chi connectivity index (χ1) is 5.20. The maximum Gasteiger partial charge on any atom is 0.387 e. The Kier molecular flexibility index (Phi) is 2.41. The van der Waals surface area contributed by atoms with Crippen LogP contribution in [0.25, 0.3) is 0 Å². The lowest BCUT2D eigenvalue weighted by molar-refractivity contribution is -0.0503. The number of halogens is 2. The number of rotatable bonds is 2. The van der Waals surface area contributed by atoms with Gasteiger partial charge in [-0.1, -0.05) is 12.1 Å². The highest BCUT2D eigenvalue weighted by atomic mass is 19.3. The second-order valence-electron chi connectivity index (χ2n) is 2.07. The lowest BCUT2D eigenvalue weighted by Gasteiger charge is -2.05. The van der Waals surface area contributed by atoms with Crippen LogP contribution < -0.4 is 4.74 Å². The maximum absolute atomic E-state index is 11.7. The number of alkyl halides is 2. The van der Waals surface area contributed by atoms with Crippen molar-refractivity contribution in [2.75, 3.05) is 0 Å². The Morgan fingerprint density at radius 2 is 2.27 bits per heavy atom. The highest BCUT2D eigenvalue weighted by Crippen LogP contribution is 2.17. The summed E-state index contributed by atoms with van der Waals surface area (Å²) in [5.41, 5.74) is 0.684. The summed E-state index contributed by atoms with van der Waals surface area (Å²) in [6.45, 7) is -1.06. The van der Waals surface area contributed by atoms with E-state index in [1.807, 2.05) is 0 Å². The van der Waals surface area contributed by atoms with Gasteiger partial charge in [-0.15, -0.1) is 0 Å². The minimum atomic E-state index is -2.76. The van der Waals surface area contributed by atoms with Crippen LogP contribution in [-0.4, -0.2) is 6.61 Å². The summed E-state index contributed by atoms with van der Waals surface area (Å²) in [6, 6.07) is 7.35. The molecule has 0 fully saturated rings. The molecule has 0 N–H and O–H groups in total. The molecular formula is C8H7F2O. The van der Waals surface area contributed by atoms with Crippen LogP contribution in [0.2, 0.25) is 0 Å². The quantitative estimate of drug-likeness (QED) is 0.640. The first-order valence-corrected chi connectivity index (χ1v) is 3.11.